The molecule has 1 aromatic carbocycles. The van der Waals surface area contributed by atoms with Gasteiger partial charge < -0.3 is 15.0 Å². The van der Waals surface area contributed by atoms with Gasteiger partial charge in [-0.15, -0.1) is 0 Å². The number of aryl methyl sites for hydroxylation is 1. The Hall–Kier alpha value is -1.88. The van der Waals surface area contributed by atoms with Crippen LogP contribution in [0, 0.1) is 18.8 Å². The van der Waals surface area contributed by atoms with E-state index in [1.807, 2.05) is 36.1 Å². The van der Waals surface area contributed by atoms with Crippen LogP contribution in [0.1, 0.15) is 44.1 Å². The largest absolute Gasteiger partial charge is 0.381 e. The SMILES string of the molecule is Cc1cccc(NC(=O)CCC2CCN(C(=O)C3CCOCC3)CC2)c1. The van der Waals surface area contributed by atoms with Crippen LogP contribution in [0.25, 0.3) is 0 Å². The molecule has 2 heterocycles. The Morgan fingerprint density at radius 3 is 2.58 bits per heavy atom. The maximum atomic E-state index is 12.6. The van der Waals surface area contributed by atoms with Crippen LogP contribution in [0.2, 0.25) is 0 Å². The number of nitrogens with zero attached hydrogens (tertiary/aromatic N) is 1. The van der Waals surface area contributed by atoms with Gasteiger partial charge in [0, 0.05) is 44.3 Å². The van der Waals surface area contributed by atoms with Crippen LogP contribution >= 0.6 is 0 Å². The number of nitrogens with one attached hydrogen (secondary N) is 1. The number of anilines is 1. The van der Waals surface area contributed by atoms with Crippen LogP contribution < -0.4 is 5.32 Å². The molecule has 1 aromatic rings. The molecular weight excluding hydrogens is 328 g/mol. The predicted octanol–water partition coefficient (Wildman–Crippen LogP) is 3.38. The number of carbonyl (C=O) groups excluding carboxylic acids is 2. The van der Waals surface area contributed by atoms with Gasteiger partial charge in [-0.3, -0.25) is 9.59 Å². The third-order valence-electron chi connectivity index (χ3n) is 5.58. The number of carbonyl (C=O) groups is 2. The zero-order valence-corrected chi connectivity index (χ0v) is 15.7. The fourth-order valence-electron chi connectivity index (χ4n) is 3.93. The normalized spacial score (nSPS) is 19.3. The lowest BCUT2D eigenvalue weighted by Gasteiger charge is -2.35. The van der Waals surface area contributed by atoms with Gasteiger partial charge in [0.2, 0.25) is 11.8 Å². The standard InChI is InChI=1S/C21H30N2O3/c1-16-3-2-4-19(15-16)22-20(24)6-5-17-7-11-23(12-8-17)21(25)18-9-13-26-14-10-18/h2-4,15,17-18H,5-14H2,1H3,(H,22,24). The van der Waals surface area contributed by atoms with Crippen LogP contribution in [-0.4, -0.2) is 43.0 Å². The molecule has 5 nitrogen and oxygen atoms in total. The molecule has 1 N–H and O–H groups in total. The van der Waals surface area contributed by atoms with Crippen molar-refractivity contribution in [1.82, 2.24) is 4.90 Å². The predicted molar refractivity (Wildman–Crippen MR) is 102 cm³/mol. The lowest BCUT2D eigenvalue weighted by Crippen LogP contribution is -2.43. The summed E-state index contributed by atoms with van der Waals surface area (Å²) in [7, 11) is 0. The molecule has 2 aliphatic heterocycles. The second-order valence-corrected chi connectivity index (χ2v) is 7.61. The van der Waals surface area contributed by atoms with E-state index in [1.54, 1.807) is 0 Å². The molecule has 26 heavy (non-hydrogen) atoms. The Kier molecular flexibility index (Phi) is 6.67. The highest BCUT2D eigenvalue weighted by Gasteiger charge is 2.29. The smallest absolute Gasteiger partial charge is 0.225 e. The second-order valence-electron chi connectivity index (χ2n) is 7.61. The monoisotopic (exact) mass is 358 g/mol. The van der Waals surface area contributed by atoms with Crippen molar-refractivity contribution < 1.29 is 14.3 Å². The minimum Gasteiger partial charge on any atom is -0.381 e. The van der Waals surface area contributed by atoms with Crippen molar-refractivity contribution in [3.05, 3.63) is 29.8 Å². The van der Waals surface area contributed by atoms with Crippen LogP contribution in [0.5, 0.6) is 0 Å². The molecule has 0 aromatic heterocycles. The number of hydrogen-bond donors (Lipinski definition) is 1. The van der Waals surface area contributed by atoms with Gasteiger partial charge in [0.15, 0.2) is 0 Å². The summed E-state index contributed by atoms with van der Waals surface area (Å²) in [6.45, 7) is 5.11. The maximum absolute atomic E-state index is 12.6. The van der Waals surface area contributed by atoms with Crippen molar-refractivity contribution in [2.45, 2.75) is 45.4 Å². The lowest BCUT2D eigenvalue weighted by molar-refractivity contribution is -0.140. The summed E-state index contributed by atoms with van der Waals surface area (Å²) < 4.78 is 5.35. The van der Waals surface area contributed by atoms with E-state index in [-0.39, 0.29) is 11.8 Å². The minimum absolute atomic E-state index is 0.0799. The number of likely N-dealkylation sites (tertiary alicyclic amines) is 1. The summed E-state index contributed by atoms with van der Waals surface area (Å²) in [5.41, 5.74) is 2.01. The van der Waals surface area contributed by atoms with Crippen LogP contribution in [0.3, 0.4) is 0 Å². The highest BCUT2D eigenvalue weighted by atomic mass is 16.5. The number of piperidine rings is 1. The number of ether oxygens (including phenoxy) is 1. The summed E-state index contributed by atoms with van der Waals surface area (Å²) in [5.74, 6) is 1.08. The topological polar surface area (TPSA) is 58.6 Å². The van der Waals surface area contributed by atoms with Gasteiger partial charge >= 0.3 is 0 Å². The Morgan fingerprint density at radius 1 is 1.15 bits per heavy atom. The van der Waals surface area contributed by atoms with Gasteiger partial charge in [-0.2, -0.15) is 0 Å². The molecule has 5 heteroatoms. The lowest BCUT2D eigenvalue weighted by atomic mass is 9.90. The van der Waals surface area contributed by atoms with Crippen molar-refractivity contribution in [3.8, 4) is 0 Å². The fourth-order valence-corrected chi connectivity index (χ4v) is 3.93. The van der Waals surface area contributed by atoms with E-state index in [0.29, 0.717) is 31.5 Å². The van der Waals surface area contributed by atoms with Gasteiger partial charge in [0.05, 0.1) is 0 Å². The Balaban J connectivity index is 1.37. The molecule has 2 fully saturated rings. The van der Waals surface area contributed by atoms with E-state index in [2.05, 4.69) is 5.32 Å². The number of amides is 2. The number of benzene rings is 1. The molecule has 0 bridgehead atoms. The van der Waals surface area contributed by atoms with Gasteiger partial charge in [-0.25, -0.2) is 0 Å². The van der Waals surface area contributed by atoms with E-state index < -0.39 is 0 Å². The van der Waals surface area contributed by atoms with E-state index >= 15 is 0 Å². The van der Waals surface area contributed by atoms with Crippen molar-refractivity contribution in [1.29, 1.82) is 0 Å². The van der Waals surface area contributed by atoms with Crippen LogP contribution in [0.4, 0.5) is 5.69 Å². The molecule has 2 amide bonds. The van der Waals surface area contributed by atoms with Crippen molar-refractivity contribution in [2.24, 2.45) is 11.8 Å². The third-order valence-corrected chi connectivity index (χ3v) is 5.58. The third kappa shape index (κ3) is 5.31. The zero-order valence-electron chi connectivity index (χ0n) is 15.7. The van der Waals surface area contributed by atoms with Crippen LogP contribution in [-0.2, 0) is 14.3 Å². The highest BCUT2D eigenvalue weighted by Crippen LogP contribution is 2.25. The average molecular weight is 358 g/mol. The van der Waals surface area contributed by atoms with E-state index in [1.165, 1.54) is 0 Å². The van der Waals surface area contributed by atoms with Crippen LogP contribution in [0.15, 0.2) is 24.3 Å². The molecule has 142 valence electrons. The highest BCUT2D eigenvalue weighted by molar-refractivity contribution is 5.90. The first-order chi connectivity index (χ1) is 12.6. The van der Waals surface area contributed by atoms with Crippen molar-refractivity contribution in [2.75, 3.05) is 31.6 Å². The summed E-state index contributed by atoms with van der Waals surface area (Å²) in [5, 5.41) is 2.98. The van der Waals surface area contributed by atoms with Crippen molar-refractivity contribution in [3.63, 3.8) is 0 Å². The van der Waals surface area contributed by atoms with Gasteiger partial charge in [-0.05, 0) is 62.6 Å². The molecule has 2 saturated heterocycles. The van der Waals surface area contributed by atoms with Gasteiger partial charge in [0.1, 0.15) is 0 Å². The minimum atomic E-state index is 0.0799. The zero-order chi connectivity index (χ0) is 18.4. The summed E-state index contributed by atoms with van der Waals surface area (Å²) in [4.78, 5) is 26.7. The first-order valence-electron chi connectivity index (χ1n) is 9.85. The van der Waals surface area contributed by atoms with Gasteiger partial charge in [-0.1, -0.05) is 12.1 Å². The fraction of sp³-hybridized carbons (Fsp3) is 0.619. The summed E-state index contributed by atoms with van der Waals surface area (Å²) in [6, 6.07) is 7.88. The Labute approximate surface area is 156 Å². The van der Waals surface area contributed by atoms with E-state index in [4.69, 9.17) is 4.74 Å². The van der Waals surface area contributed by atoms with E-state index in [0.717, 1.165) is 56.4 Å². The number of rotatable bonds is 5. The Bertz CT molecular complexity index is 617. The molecule has 0 unspecified atom stereocenters. The van der Waals surface area contributed by atoms with Gasteiger partial charge in [0.25, 0.3) is 0 Å². The van der Waals surface area contributed by atoms with Crippen molar-refractivity contribution >= 4 is 17.5 Å². The summed E-state index contributed by atoms with van der Waals surface area (Å²) >= 11 is 0. The number of hydrogen-bond acceptors (Lipinski definition) is 3. The molecule has 0 radical (unpaired) electrons. The quantitative estimate of drug-likeness (QED) is 0.878. The first kappa shape index (κ1) is 18.9. The summed E-state index contributed by atoms with van der Waals surface area (Å²) in [6.07, 6.45) is 5.18. The molecular formula is C21H30N2O3. The molecule has 0 spiro atoms. The molecule has 0 atom stereocenters. The molecule has 0 saturated carbocycles. The Morgan fingerprint density at radius 2 is 1.88 bits per heavy atom. The average Bonchev–Trinajstić information content (AvgIpc) is 2.67. The molecule has 0 aliphatic carbocycles. The molecule has 3 rings (SSSR count). The molecule has 2 aliphatic rings. The maximum Gasteiger partial charge on any atom is 0.225 e. The second kappa shape index (κ2) is 9.17. The first-order valence-corrected chi connectivity index (χ1v) is 9.85. The van der Waals surface area contributed by atoms with E-state index in [9.17, 15) is 9.59 Å².